The Morgan fingerprint density at radius 3 is 2.57 bits per heavy atom. The first-order valence-corrected chi connectivity index (χ1v) is 3.35. The molecule has 0 aromatic rings. The van der Waals surface area contributed by atoms with Gasteiger partial charge in [-0.15, -0.1) is 7.85 Å². The Bertz CT molecular complexity index is 90.9. The molecule has 0 aromatic carbocycles. The van der Waals surface area contributed by atoms with Crippen LogP contribution in [-0.2, 0) is 0 Å². The van der Waals surface area contributed by atoms with Crippen LogP contribution in [0.5, 0.6) is 0 Å². The molecule has 0 aromatic heterocycles. The summed E-state index contributed by atoms with van der Waals surface area (Å²) in [5.74, 6) is 0. The van der Waals surface area contributed by atoms with Crippen molar-refractivity contribution in [3.8, 4) is 0 Å². The van der Waals surface area contributed by atoms with E-state index in [1.807, 2.05) is 29.8 Å². The summed E-state index contributed by atoms with van der Waals surface area (Å²) in [7, 11) is 0. The summed E-state index contributed by atoms with van der Waals surface area (Å²) >= 11 is 3.10. The molecule has 2 nitrogen and oxygen atoms in total. The molecule has 0 aliphatic rings. The van der Waals surface area contributed by atoms with Crippen molar-refractivity contribution in [2.24, 2.45) is 7.85 Å². The predicted octanol–water partition coefficient (Wildman–Crippen LogP) is 2.97. The van der Waals surface area contributed by atoms with Gasteiger partial charge in [0.05, 0.1) is 0 Å². The van der Waals surface area contributed by atoms with E-state index in [4.69, 9.17) is 0 Å². The van der Waals surface area contributed by atoms with Gasteiger partial charge in [0.25, 0.3) is 0 Å². The maximum absolute atomic E-state index is 3.60. The SMILES string of the molecule is C=C(C)S/N=N\I. The summed E-state index contributed by atoms with van der Waals surface area (Å²) in [5.41, 5.74) is 0. The zero-order valence-electron chi connectivity index (χ0n) is 3.89. The van der Waals surface area contributed by atoms with Gasteiger partial charge < -0.3 is 0 Å². The third kappa shape index (κ3) is 6.42. The lowest BCUT2D eigenvalue weighted by atomic mass is 10.8. The first-order valence-electron chi connectivity index (χ1n) is 1.61. The van der Waals surface area contributed by atoms with Gasteiger partial charge in [-0.3, -0.25) is 0 Å². The molecular weight excluding hydrogens is 223 g/mol. The fraction of sp³-hybridized carbons (Fsp3) is 0.333. The van der Waals surface area contributed by atoms with E-state index in [0.717, 1.165) is 4.91 Å². The molecule has 0 atom stereocenters. The molecular formula is C3H5IN2S. The highest BCUT2D eigenvalue weighted by molar-refractivity contribution is 14.1. The van der Waals surface area contributed by atoms with Crippen molar-refractivity contribution in [1.82, 2.24) is 0 Å². The Morgan fingerprint density at radius 2 is 2.43 bits per heavy atom. The van der Waals surface area contributed by atoms with Crippen molar-refractivity contribution in [2.75, 3.05) is 0 Å². The van der Waals surface area contributed by atoms with Crippen LogP contribution in [0.25, 0.3) is 0 Å². The molecule has 0 rings (SSSR count). The van der Waals surface area contributed by atoms with Crippen LogP contribution in [0, 0.1) is 0 Å². The minimum Gasteiger partial charge on any atom is -0.110 e. The van der Waals surface area contributed by atoms with Gasteiger partial charge in [0.2, 0.25) is 0 Å². The molecule has 0 aliphatic heterocycles. The molecule has 0 bridgehead atoms. The molecule has 0 amide bonds. The third-order valence-corrected chi connectivity index (χ3v) is 1.21. The number of hydrogen-bond acceptors (Lipinski definition) is 3. The fourth-order valence-electron chi connectivity index (χ4n) is 0.0851. The third-order valence-electron chi connectivity index (χ3n) is 0.228. The minimum atomic E-state index is 0.959. The van der Waals surface area contributed by atoms with Gasteiger partial charge in [-0.2, -0.15) is 0 Å². The van der Waals surface area contributed by atoms with Crippen LogP contribution in [0.1, 0.15) is 6.92 Å². The van der Waals surface area contributed by atoms with Gasteiger partial charge in [-0.05, 0) is 11.8 Å². The Labute approximate surface area is 61.1 Å². The summed E-state index contributed by atoms with van der Waals surface area (Å²) in [5, 5.41) is 0. The molecule has 0 aliphatic carbocycles. The Kier molecular flexibility index (Phi) is 4.85. The van der Waals surface area contributed by atoms with Crippen LogP contribution in [0.2, 0.25) is 0 Å². The second kappa shape index (κ2) is 4.58. The molecule has 7 heavy (non-hydrogen) atoms. The minimum absolute atomic E-state index is 0.959. The van der Waals surface area contributed by atoms with Gasteiger partial charge in [-0.1, -0.05) is 6.58 Å². The molecule has 0 fully saturated rings. The first kappa shape index (κ1) is 7.42. The molecule has 40 valence electrons. The van der Waals surface area contributed by atoms with Crippen LogP contribution in [0.15, 0.2) is 19.3 Å². The van der Waals surface area contributed by atoms with Crippen LogP contribution in [-0.4, -0.2) is 0 Å². The largest absolute Gasteiger partial charge is 0.112 e. The van der Waals surface area contributed by atoms with E-state index < -0.39 is 0 Å². The summed E-state index contributed by atoms with van der Waals surface area (Å²) in [6, 6.07) is 0. The standard InChI is InChI=1S/C3H5IN2S/c1-3(2)7-6-5-4/h1H2,2H3/b6-5-. The average molecular weight is 228 g/mol. The Balaban J connectivity index is 3.14. The van der Waals surface area contributed by atoms with Crippen LogP contribution < -0.4 is 0 Å². The van der Waals surface area contributed by atoms with E-state index in [1.54, 1.807) is 0 Å². The van der Waals surface area contributed by atoms with E-state index in [-0.39, 0.29) is 0 Å². The highest BCUT2D eigenvalue weighted by Crippen LogP contribution is 2.13. The number of halogens is 1. The molecule has 0 saturated heterocycles. The van der Waals surface area contributed by atoms with Gasteiger partial charge >= 0.3 is 0 Å². The number of hydrogen-bond donors (Lipinski definition) is 0. The zero-order chi connectivity index (χ0) is 5.70. The van der Waals surface area contributed by atoms with Crippen molar-refractivity contribution in [1.29, 1.82) is 0 Å². The van der Waals surface area contributed by atoms with E-state index >= 15 is 0 Å². The number of nitrogens with zero attached hydrogens (tertiary/aromatic N) is 2. The van der Waals surface area contributed by atoms with Gasteiger partial charge in [-0.25, -0.2) is 0 Å². The van der Waals surface area contributed by atoms with Gasteiger partial charge in [0.15, 0.2) is 0 Å². The second-order valence-corrected chi connectivity index (χ2v) is 2.42. The molecule has 0 spiro atoms. The monoisotopic (exact) mass is 228 g/mol. The van der Waals surface area contributed by atoms with Crippen LogP contribution in [0.4, 0.5) is 0 Å². The lowest BCUT2D eigenvalue weighted by molar-refractivity contribution is 1.56. The van der Waals surface area contributed by atoms with Gasteiger partial charge in [0.1, 0.15) is 22.9 Å². The van der Waals surface area contributed by atoms with Crippen LogP contribution in [0.3, 0.4) is 0 Å². The van der Waals surface area contributed by atoms with Crippen molar-refractivity contribution < 1.29 is 0 Å². The fourth-order valence-corrected chi connectivity index (χ4v) is 0.520. The van der Waals surface area contributed by atoms with Gasteiger partial charge in [0, 0.05) is 11.9 Å². The topological polar surface area (TPSA) is 24.7 Å². The van der Waals surface area contributed by atoms with E-state index in [0.29, 0.717) is 0 Å². The maximum Gasteiger partial charge on any atom is 0.112 e. The lowest BCUT2D eigenvalue weighted by Crippen LogP contribution is -1.49. The highest BCUT2D eigenvalue weighted by atomic mass is 127. The van der Waals surface area contributed by atoms with E-state index in [2.05, 4.69) is 14.4 Å². The number of rotatable bonds is 2. The summed E-state index contributed by atoms with van der Waals surface area (Å²) in [4.78, 5) is 0.959. The van der Waals surface area contributed by atoms with Crippen molar-refractivity contribution >= 4 is 34.8 Å². The quantitative estimate of drug-likeness (QED) is 0.405. The smallest absolute Gasteiger partial charge is 0.110 e. The maximum atomic E-state index is 3.60. The summed E-state index contributed by atoms with van der Waals surface area (Å²) < 4.78 is 7.07. The molecule has 0 N–H and O–H groups in total. The Hall–Kier alpha value is 0.420. The summed E-state index contributed by atoms with van der Waals surface area (Å²) in [6.07, 6.45) is 0. The highest BCUT2D eigenvalue weighted by Gasteiger charge is 1.77. The van der Waals surface area contributed by atoms with Crippen molar-refractivity contribution in [2.45, 2.75) is 6.92 Å². The van der Waals surface area contributed by atoms with Crippen molar-refractivity contribution in [3.63, 3.8) is 0 Å². The normalized spacial score (nSPS) is 10.0. The molecule has 0 heterocycles. The van der Waals surface area contributed by atoms with E-state index in [1.165, 1.54) is 11.9 Å². The second-order valence-electron chi connectivity index (χ2n) is 0.951. The zero-order valence-corrected chi connectivity index (χ0v) is 6.86. The summed E-state index contributed by atoms with van der Waals surface area (Å²) in [6.45, 7) is 5.48. The van der Waals surface area contributed by atoms with Crippen molar-refractivity contribution in [3.05, 3.63) is 11.5 Å². The lowest BCUT2D eigenvalue weighted by Gasteiger charge is -1.81. The average Bonchev–Trinajstić information content (AvgIpc) is 1.61. The molecule has 0 saturated carbocycles. The van der Waals surface area contributed by atoms with E-state index in [9.17, 15) is 0 Å². The Morgan fingerprint density at radius 1 is 1.86 bits per heavy atom. The molecule has 4 heteroatoms. The predicted molar refractivity (Wildman–Crippen MR) is 41.3 cm³/mol. The molecule has 0 unspecified atom stereocenters. The molecule has 0 radical (unpaired) electrons. The first-order chi connectivity index (χ1) is 3.27. The number of allylic oxidation sites excluding steroid dienone is 1. The van der Waals surface area contributed by atoms with Crippen LogP contribution >= 0.6 is 34.8 Å².